The average molecular weight is 327 g/mol. The monoisotopic (exact) mass is 327 g/mol. The lowest BCUT2D eigenvalue weighted by molar-refractivity contribution is 0.0601. The van der Waals surface area contributed by atoms with Crippen molar-refractivity contribution in [1.29, 1.82) is 0 Å². The number of hydrogen-bond acceptors (Lipinski definition) is 7. The topological polar surface area (TPSA) is 80.2 Å². The summed E-state index contributed by atoms with van der Waals surface area (Å²) in [6.45, 7) is 4.19. The summed E-state index contributed by atoms with van der Waals surface area (Å²) < 4.78 is 4.69. The Morgan fingerprint density at radius 2 is 1.96 bits per heavy atom. The second-order valence-electron chi connectivity index (χ2n) is 6.01. The SMILES string of the molecule is COC(=O)c1ccc(Nc2cnnc(N3CCC(C)CC3)n2)cc1. The van der Waals surface area contributed by atoms with Gasteiger partial charge in [0.1, 0.15) is 0 Å². The van der Waals surface area contributed by atoms with E-state index in [9.17, 15) is 4.79 Å². The molecule has 1 aromatic carbocycles. The lowest BCUT2D eigenvalue weighted by Gasteiger charge is -2.29. The third-order valence-corrected chi connectivity index (χ3v) is 4.19. The van der Waals surface area contributed by atoms with E-state index in [1.807, 2.05) is 0 Å². The van der Waals surface area contributed by atoms with Crippen LogP contribution in [0, 0.1) is 5.92 Å². The molecule has 2 heterocycles. The Kier molecular flexibility index (Phi) is 4.88. The number of carbonyl (C=O) groups is 1. The minimum Gasteiger partial charge on any atom is -0.465 e. The maximum absolute atomic E-state index is 11.4. The fraction of sp³-hybridized carbons (Fsp3) is 0.412. The molecule has 7 heteroatoms. The number of nitrogens with zero attached hydrogens (tertiary/aromatic N) is 4. The Hall–Kier alpha value is -2.70. The predicted molar refractivity (Wildman–Crippen MR) is 91.5 cm³/mol. The number of benzene rings is 1. The number of rotatable bonds is 4. The highest BCUT2D eigenvalue weighted by Gasteiger charge is 2.18. The van der Waals surface area contributed by atoms with Gasteiger partial charge in [0.2, 0.25) is 5.95 Å². The zero-order valence-corrected chi connectivity index (χ0v) is 13.9. The Labute approximate surface area is 141 Å². The predicted octanol–water partition coefficient (Wildman–Crippen LogP) is 2.64. The second kappa shape index (κ2) is 7.25. The summed E-state index contributed by atoms with van der Waals surface area (Å²) in [7, 11) is 1.37. The summed E-state index contributed by atoms with van der Waals surface area (Å²) in [6, 6.07) is 7.01. The maximum atomic E-state index is 11.4. The molecule has 1 aromatic heterocycles. The van der Waals surface area contributed by atoms with Gasteiger partial charge >= 0.3 is 5.97 Å². The van der Waals surface area contributed by atoms with Crippen LogP contribution in [-0.2, 0) is 4.74 Å². The molecule has 1 aliphatic rings. The minimum absolute atomic E-state index is 0.355. The highest BCUT2D eigenvalue weighted by atomic mass is 16.5. The van der Waals surface area contributed by atoms with Crippen LogP contribution in [0.4, 0.5) is 17.5 Å². The number of piperidine rings is 1. The summed E-state index contributed by atoms with van der Waals surface area (Å²) in [5.41, 5.74) is 1.33. The zero-order valence-electron chi connectivity index (χ0n) is 13.9. The summed E-state index contributed by atoms with van der Waals surface area (Å²) in [4.78, 5) is 18.2. The summed E-state index contributed by atoms with van der Waals surface area (Å²) in [6.07, 6.45) is 3.89. The molecule has 1 fully saturated rings. The number of aromatic nitrogens is 3. The fourth-order valence-corrected chi connectivity index (χ4v) is 2.65. The van der Waals surface area contributed by atoms with Gasteiger partial charge in [-0.05, 0) is 43.0 Å². The summed E-state index contributed by atoms with van der Waals surface area (Å²) >= 11 is 0. The Bertz CT molecular complexity index is 696. The molecule has 0 unspecified atom stereocenters. The van der Waals surface area contributed by atoms with E-state index >= 15 is 0 Å². The van der Waals surface area contributed by atoms with Crippen molar-refractivity contribution in [2.75, 3.05) is 30.4 Å². The van der Waals surface area contributed by atoms with Crippen molar-refractivity contribution in [3.63, 3.8) is 0 Å². The molecular weight excluding hydrogens is 306 g/mol. The molecule has 3 rings (SSSR count). The molecule has 1 aliphatic heterocycles. The number of nitrogens with one attached hydrogen (secondary N) is 1. The first kappa shape index (κ1) is 16.2. The number of anilines is 3. The second-order valence-corrected chi connectivity index (χ2v) is 6.01. The number of methoxy groups -OCH3 is 1. The number of ether oxygens (including phenoxy) is 1. The molecule has 0 spiro atoms. The van der Waals surface area contributed by atoms with Crippen molar-refractivity contribution in [3.8, 4) is 0 Å². The van der Waals surface area contributed by atoms with Gasteiger partial charge in [-0.3, -0.25) is 0 Å². The number of hydrogen-bond donors (Lipinski definition) is 1. The largest absolute Gasteiger partial charge is 0.465 e. The van der Waals surface area contributed by atoms with Gasteiger partial charge in [0, 0.05) is 18.8 Å². The lowest BCUT2D eigenvalue weighted by atomic mass is 10.00. The first-order chi connectivity index (χ1) is 11.7. The van der Waals surface area contributed by atoms with Crippen LogP contribution in [0.3, 0.4) is 0 Å². The van der Waals surface area contributed by atoms with Crippen molar-refractivity contribution >= 4 is 23.4 Å². The molecule has 126 valence electrons. The minimum atomic E-state index is -0.355. The third-order valence-electron chi connectivity index (χ3n) is 4.19. The van der Waals surface area contributed by atoms with E-state index < -0.39 is 0 Å². The highest BCUT2D eigenvalue weighted by Crippen LogP contribution is 2.21. The molecular formula is C17H21N5O2. The van der Waals surface area contributed by atoms with Crippen molar-refractivity contribution in [2.24, 2.45) is 5.92 Å². The molecule has 0 atom stereocenters. The Morgan fingerprint density at radius 3 is 2.62 bits per heavy atom. The Balaban J connectivity index is 1.69. The first-order valence-corrected chi connectivity index (χ1v) is 8.06. The average Bonchev–Trinajstić information content (AvgIpc) is 2.62. The summed E-state index contributed by atoms with van der Waals surface area (Å²) in [5, 5.41) is 11.4. The van der Waals surface area contributed by atoms with Gasteiger partial charge in [-0.1, -0.05) is 6.92 Å². The lowest BCUT2D eigenvalue weighted by Crippen LogP contribution is -2.34. The van der Waals surface area contributed by atoms with E-state index in [2.05, 4.69) is 37.1 Å². The van der Waals surface area contributed by atoms with Crippen molar-refractivity contribution < 1.29 is 9.53 Å². The van der Waals surface area contributed by atoms with Gasteiger partial charge < -0.3 is 15.0 Å². The molecule has 0 saturated carbocycles. The first-order valence-electron chi connectivity index (χ1n) is 8.06. The molecule has 1 N–H and O–H groups in total. The molecule has 24 heavy (non-hydrogen) atoms. The van der Waals surface area contributed by atoms with Crippen LogP contribution in [0.15, 0.2) is 30.5 Å². The Morgan fingerprint density at radius 1 is 1.25 bits per heavy atom. The van der Waals surface area contributed by atoms with Crippen LogP contribution in [0.1, 0.15) is 30.1 Å². The van der Waals surface area contributed by atoms with E-state index in [1.54, 1.807) is 30.5 Å². The van der Waals surface area contributed by atoms with Gasteiger partial charge in [0.25, 0.3) is 0 Å². The molecule has 0 radical (unpaired) electrons. The van der Waals surface area contributed by atoms with Crippen LogP contribution in [0.25, 0.3) is 0 Å². The quantitative estimate of drug-likeness (QED) is 0.865. The molecule has 0 bridgehead atoms. The molecule has 1 saturated heterocycles. The van der Waals surface area contributed by atoms with Crippen molar-refractivity contribution in [3.05, 3.63) is 36.0 Å². The normalized spacial score (nSPS) is 15.2. The van der Waals surface area contributed by atoms with E-state index in [1.165, 1.54) is 7.11 Å². The summed E-state index contributed by atoms with van der Waals surface area (Å²) in [5.74, 6) is 1.68. The standard InChI is InChI=1S/C17H21N5O2/c1-12-7-9-22(10-8-12)17-20-15(11-18-21-17)19-14-5-3-13(4-6-14)16(23)24-2/h3-6,11-12H,7-10H2,1-2H3,(H,19,20,21). The van der Waals surface area contributed by atoms with Gasteiger partial charge in [-0.15, -0.1) is 5.10 Å². The third kappa shape index (κ3) is 3.79. The maximum Gasteiger partial charge on any atom is 0.337 e. The molecule has 0 aliphatic carbocycles. The van der Waals surface area contributed by atoms with E-state index in [4.69, 9.17) is 0 Å². The smallest absolute Gasteiger partial charge is 0.337 e. The van der Waals surface area contributed by atoms with Crippen LogP contribution >= 0.6 is 0 Å². The van der Waals surface area contributed by atoms with Gasteiger partial charge in [-0.25, -0.2) is 4.79 Å². The number of esters is 1. The van der Waals surface area contributed by atoms with E-state index in [0.29, 0.717) is 17.3 Å². The molecule has 2 aromatic rings. The zero-order chi connectivity index (χ0) is 16.9. The van der Waals surface area contributed by atoms with Gasteiger partial charge in [0.05, 0.1) is 18.9 Å². The van der Waals surface area contributed by atoms with Crippen LogP contribution in [0.2, 0.25) is 0 Å². The highest BCUT2D eigenvalue weighted by molar-refractivity contribution is 5.89. The van der Waals surface area contributed by atoms with Crippen LogP contribution in [-0.4, -0.2) is 41.3 Å². The van der Waals surface area contributed by atoms with Crippen LogP contribution in [0.5, 0.6) is 0 Å². The molecule has 0 amide bonds. The number of carbonyl (C=O) groups excluding carboxylic acids is 1. The van der Waals surface area contributed by atoms with Gasteiger partial charge in [-0.2, -0.15) is 10.1 Å². The van der Waals surface area contributed by atoms with Crippen LogP contribution < -0.4 is 10.2 Å². The van der Waals surface area contributed by atoms with Crippen molar-refractivity contribution in [2.45, 2.75) is 19.8 Å². The van der Waals surface area contributed by atoms with E-state index in [-0.39, 0.29) is 5.97 Å². The molecule has 7 nitrogen and oxygen atoms in total. The van der Waals surface area contributed by atoms with Crippen molar-refractivity contribution in [1.82, 2.24) is 15.2 Å². The van der Waals surface area contributed by atoms with Gasteiger partial charge in [0.15, 0.2) is 5.82 Å². The fourth-order valence-electron chi connectivity index (χ4n) is 2.65. The van der Waals surface area contributed by atoms with E-state index in [0.717, 1.165) is 37.5 Å².